The molecule has 2 nitrogen and oxygen atoms in total. The third-order valence-corrected chi connectivity index (χ3v) is 2.26. The van der Waals surface area contributed by atoms with E-state index >= 15 is 0 Å². The number of fused-ring (bicyclic) bond motifs is 1. The van der Waals surface area contributed by atoms with E-state index in [4.69, 9.17) is 0 Å². The van der Waals surface area contributed by atoms with E-state index in [-0.39, 0.29) is 35.5 Å². The molecule has 0 bridgehead atoms. The maximum atomic E-state index is 10.5. The zero-order chi connectivity index (χ0) is 5.56. The average molecular weight is 149 g/mol. The van der Waals surface area contributed by atoms with E-state index in [1.165, 1.54) is 0 Å². The van der Waals surface area contributed by atoms with Crippen molar-refractivity contribution < 1.29 is 34.4 Å². The minimum Gasteiger partial charge on any atom is -0.472 e. The van der Waals surface area contributed by atoms with Gasteiger partial charge in [0.15, 0.2) is 0 Å². The van der Waals surface area contributed by atoms with Crippen LogP contribution in [0.1, 0.15) is 6.42 Å². The maximum Gasteiger partial charge on any atom is 1.00 e. The molecule has 0 unspecified atom stereocenters. The number of thioether (sulfide) groups is 1. The molecule has 2 aliphatic rings. The minimum atomic E-state index is 0. The third kappa shape index (κ3) is 1.07. The Bertz CT molecular complexity index is 170. The Morgan fingerprint density at radius 3 is 3.11 bits per heavy atom. The number of hydrogen-bond donors (Lipinski definition) is 0. The van der Waals surface area contributed by atoms with E-state index < -0.39 is 0 Å². The van der Waals surface area contributed by atoms with Gasteiger partial charge in [-0.3, -0.25) is 0 Å². The van der Waals surface area contributed by atoms with Crippen molar-refractivity contribution in [3.05, 3.63) is 11.6 Å². The molecule has 2 heterocycles. The largest absolute Gasteiger partial charge is 1.00 e. The van der Waals surface area contributed by atoms with Crippen LogP contribution in [0.3, 0.4) is 0 Å². The van der Waals surface area contributed by atoms with Crippen LogP contribution >= 0.6 is 11.8 Å². The van der Waals surface area contributed by atoms with Gasteiger partial charge in [0.1, 0.15) is 0 Å². The van der Waals surface area contributed by atoms with Crippen molar-refractivity contribution >= 4 is 17.7 Å². The van der Waals surface area contributed by atoms with Gasteiger partial charge in [0, 0.05) is 5.37 Å². The summed E-state index contributed by atoms with van der Waals surface area (Å²) in [5.41, 5.74) is 0. The van der Waals surface area contributed by atoms with E-state index in [1.807, 2.05) is 5.41 Å². The maximum absolute atomic E-state index is 10.5. The molecule has 0 N–H and O–H groups in total. The van der Waals surface area contributed by atoms with Gasteiger partial charge in [0.05, 0.1) is 5.91 Å². The minimum absolute atomic E-state index is 0. The van der Waals surface area contributed by atoms with Crippen molar-refractivity contribution in [1.82, 2.24) is 4.90 Å². The van der Waals surface area contributed by atoms with E-state index in [0.717, 1.165) is 0 Å². The van der Waals surface area contributed by atoms with Crippen LogP contribution in [0.25, 0.3) is 0 Å². The van der Waals surface area contributed by atoms with Gasteiger partial charge in [-0.15, -0.1) is 17.2 Å². The first-order valence-electron chi connectivity index (χ1n) is 2.43. The van der Waals surface area contributed by atoms with Gasteiger partial charge in [-0.25, -0.2) is 0 Å². The number of hydrogen-bond acceptors (Lipinski definition) is 2. The van der Waals surface area contributed by atoms with E-state index in [0.29, 0.717) is 11.8 Å². The Balaban J connectivity index is 0.000000405. The first kappa shape index (κ1) is 7.66. The monoisotopic (exact) mass is 149 g/mol. The Labute approximate surface area is 80.0 Å². The molecular weight excluding hydrogens is 145 g/mol. The Hall–Kier alpha value is 0.560. The molecule has 0 radical (unpaired) electrons. The van der Waals surface area contributed by atoms with Crippen LogP contribution in [0.2, 0.25) is 0 Å². The fourth-order valence-electron chi connectivity index (χ4n) is 0.817. The van der Waals surface area contributed by atoms with Crippen LogP contribution in [0.5, 0.6) is 0 Å². The molecule has 2 rings (SSSR count). The van der Waals surface area contributed by atoms with Gasteiger partial charge in [0.2, 0.25) is 0 Å². The first-order valence-corrected chi connectivity index (χ1v) is 3.37. The Kier molecular flexibility index (Phi) is 2.27. The van der Waals surface area contributed by atoms with E-state index in [2.05, 4.69) is 6.20 Å². The molecule has 1 amide bonds. The Morgan fingerprint density at radius 2 is 2.67 bits per heavy atom. The third-order valence-electron chi connectivity index (χ3n) is 1.32. The zero-order valence-electron chi connectivity index (χ0n) is 5.13. The number of nitrogens with zero attached hydrogens (tertiary/aromatic N) is 1. The molecular formula is C5H4NNaOS. The molecule has 0 saturated carbocycles. The molecule has 9 heavy (non-hydrogen) atoms. The molecule has 0 spiro atoms. The van der Waals surface area contributed by atoms with Crippen molar-refractivity contribution in [2.45, 2.75) is 11.8 Å². The van der Waals surface area contributed by atoms with Gasteiger partial charge in [0.25, 0.3) is 0 Å². The average Bonchev–Trinajstić information content (AvgIpc) is 2.09. The second-order valence-electron chi connectivity index (χ2n) is 1.81. The summed E-state index contributed by atoms with van der Waals surface area (Å²) in [7, 11) is 0. The molecule has 0 aromatic rings. The molecule has 0 aliphatic carbocycles. The second kappa shape index (κ2) is 2.66. The van der Waals surface area contributed by atoms with Crippen LogP contribution < -0.4 is 29.6 Å². The smallest absolute Gasteiger partial charge is 0.472 e. The predicted octanol–water partition coefficient (Wildman–Crippen LogP) is -2.43. The topological polar surface area (TPSA) is 20.3 Å². The molecule has 4 heteroatoms. The van der Waals surface area contributed by atoms with Gasteiger partial charge in [-0.1, -0.05) is 0 Å². The molecule has 42 valence electrons. The van der Waals surface area contributed by atoms with E-state index in [9.17, 15) is 4.79 Å². The summed E-state index contributed by atoms with van der Waals surface area (Å²) < 4.78 is 0. The molecule has 0 aromatic carbocycles. The van der Waals surface area contributed by atoms with Crippen molar-refractivity contribution in [2.24, 2.45) is 0 Å². The fourth-order valence-corrected chi connectivity index (χ4v) is 1.69. The van der Waals surface area contributed by atoms with Crippen molar-refractivity contribution in [2.75, 3.05) is 0 Å². The standard InChI is InChI=1S/C5H4NOS.Na/c7-4-3-5-6(4)1-2-8-5;/h2,5H,3H2;/q-1;+1/t5-;/m1./s1. The first-order chi connectivity index (χ1) is 3.88. The molecule has 1 saturated heterocycles. The fraction of sp³-hybridized carbons (Fsp3) is 0.400. The van der Waals surface area contributed by atoms with Crippen molar-refractivity contribution in [1.29, 1.82) is 0 Å². The number of rotatable bonds is 0. The molecule has 2 aliphatic heterocycles. The molecule has 0 aromatic heterocycles. The van der Waals surface area contributed by atoms with Crippen LogP contribution in [0.4, 0.5) is 0 Å². The van der Waals surface area contributed by atoms with Crippen LogP contribution in [-0.2, 0) is 4.79 Å². The summed E-state index contributed by atoms with van der Waals surface area (Å²) in [6.07, 6.45) is 3.53. The molecule has 1 fully saturated rings. The van der Waals surface area contributed by atoms with Gasteiger partial charge >= 0.3 is 29.6 Å². The van der Waals surface area contributed by atoms with E-state index in [1.54, 1.807) is 16.7 Å². The summed E-state index contributed by atoms with van der Waals surface area (Å²) in [5.74, 6) is 0.205. The quantitative estimate of drug-likeness (QED) is 0.217. The molecule has 1 atom stereocenters. The van der Waals surface area contributed by atoms with Gasteiger partial charge in [-0.2, -0.15) is 6.20 Å². The Morgan fingerprint density at radius 1 is 1.89 bits per heavy atom. The summed E-state index contributed by atoms with van der Waals surface area (Å²) in [6, 6.07) is 0. The van der Waals surface area contributed by atoms with Crippen LogP contribution in [-0.4, -0.2) is 16.2 Å². The van der Waals surface area contributed by atoms with Crippen molar-refractivity contribution in [3.8, 4) is 0 Å². The predicted molar refractivity (Wildman–Crippen MR) is 30.7 cm³/mol. The summed E-state index contributed by atoms with van der Waals surface area (Å²) in [4.78, 5) is 12.2. The van der Waals surface area contributed by atoms with Gasteiger partial charge < -0.3 is 9.69 Å². The van der Waals surface area contributed by atoms with Crippen LogP contribution in [0, 0.1) is 6.20 Å². The summed E-state index contributed by atoms with van der Waals surface area (Å²) in [6.45, 7) is 0. The number of β-lactam (4-membered cyclic amide) rings is 1. The number of carbonyl (C=O) groups is 1. The van der Waals surface area contributed by atoms with Crippen molar-refractivity contribution in [3.63, 3.8) is 0 Å². The summed E-state index contributed by atoms with van der Waals surface area (Å²) in [5, 5.41) is 2.25. The zero-order valence-corrected chi connectivity index (χ0v) is 7.94. The van der Waals surface area contributed by atoms with Gasteiger partial charge in [-0.05, 0) is 6.42 Å². The SMILES string of the molecule is O=C1C[C@H]2SC=[C-]N12.[Na+]. The van der Waals surface area contributed by atoms with Crippen LogP contribution in [0.15, 0.2) is 5.41 Å². The number of amides is 1. The summed E-state index contributed by atoms with van der Waals surface area (Å²) >= 11 is 1.66. The normalized spacial score (nSPS) is 29.1. The number of carbonyl (C=O) groups excluding carboxylic acids is 1. The second-order valence-corrected chi connectivity index (χ2v) is 2.86.